The summed E-state index contributed by atoms with van der Waals surface area (Å²) in [6.07, 6.45) is 0.0615. The van der Waals surface area contributed by atoms with E-state index in [4.69, 9.17) is 18.9 Å². The second kappa shape index (κ2) is 10.1. The van der Waals surface area contributed by atoms with Crippen LogP contribution in [-0.2, 0) is 18.9 Å². The molecule has 3 aliphatic heterocycles. The highest BCUT2D eigenvalue weighted by Crippen LogP contribution is 2.71. The molecule has 0 aromatic heterocycles. The average molecular weight is 581 g/mol. The lowest BCUT2D eigenvalue weighted by atomic mass is 9.43. The summed E-state index contributed by atoms with van der Waals surface area (Å²) < 4.78 is 25.4. The van der Waals surface area contributed by atoms with E-state index in [9.17, 15) is 25.5 Å². The van der Waals surface area contributed by atoms with Crippen molar-refractivity contribution in [1.82, 2.24) is 0 Å². The quantitative estimate of drug-likeness (QED) is 0.333. The summed E-state index contributed by atoms with van der Waals surface area (Å²) in [5.41, 5.74) is -0.266. The summed E-state index contributed by atoms with van der Waals surface area (Å²) in [4.78, 5) is 0. The number of fused-ring (bicyclic) bond motifs is 7. The lowest BCUT2D eigenvalue weighted by molar-refractivity contribution is -0.328. The molecule has 3 saturated heterocycles. The molecule has 4 saturated carbocycles. The predicted octanol–water partition coefficient (Wildman–Crippen LogP) is 2.20. The summed E-state index contributed by atoms with van der Waals surface area (Å²) in [5, 5.41) is 53.2. The first-order chi connectivity index (χ1) is 19.4. The molecule has 0 aromatic carbocycles. The smallest absolute Gasteiger partial charge is 0.186 e. The maximum atomic E-state index is 11.4. The standard InChI is InChI=1S/C32H52O9/c1-15-7-10-32(39-13-15)16(2)24-23(41-32)12-20-18-6-5-17-11-21(33)26(36)28(31(17,4)19(18)8-9-30(20,24)3)40-29-27(37)25(35)22(34)14-38-29/h15-29,33-37H,5-14H2,1-4H3/t15-,16+,17-,18-,19+,20+,21+,22+,23+,24+,25-,26-,27-,28-,29+,30+,31+,32-/m1/s1. The number of hydrogen-bond donors (Lipinski definition) is 5. The molecule has 5 N–H and O–H groups in total. The molecule has 4 aliphatic carbocycles. The minimum atomic E-state index is -1.44. The highest BCUT2D eigenvalue weighted by Gasteiger charge is 2.70. The van der Waals surface area contributed by atoms with Crippen LogP contribution in [0.4, 0.5) is 0 Å². The summed E-state index contributed by atoms with van der Waals surface area (Å²) in [6.45, 7) is 9.96. The minimum Gasteiger partial charge on any atom is -0.390 e. The summed E-state index contributed by atoms with van der Waals surface area (Å²) in [6, 6.07) is 0. The first-order valence-electron chi connectivity index (χ1n) is 16.4. The zero-order valence-electron chi connectivity index (χ0n) is 25.1. The fraction of sp³-hybridized carbons (Fsp3) is 1.00. The van der Waals surface area contributed by atoms with Crippen LogP contribution in [0.5, 0.6) is 0 Å². The molecule has 9 nitrogen and oxygen atoms in total. The summed E-state index contributed by atoms with van der Waals surface area (Å²) >= 11 is 0. The van der Waals surface area contributed by atoms with Crippen molar-refractivity contribution in [3.05, 3.63) is 0 Å². The van der Waals surface area contributed by atoms with Gasteiger partial charge in [0.05, 0.1) is 31.5 Å². The van der Waals surface area contributed by atoms with Crippen LogP contribution >= 0.6 is 0 Å². The Bertz CT molecular complexity index is 986. The van der Waals surface area contributed by atoms with Gasteiger partial charge >= 0.3 is 0 Å². The minimum absolute atomic E-state index is 0.161. The van der Waals surface area contributed by atoms with Crippen LogP contribution in [0.15, 0.2) is 0 Å². The van der Waals surface area contributed by atoms with E-state index in [1.165, 1.54) is 0 Å². The molecule has 3 heterocycles. The Hall–Kier alpha value is -0.360. The van der Waals surface area contributed by atoms with E-state index in [-0.39, 0.29) is 30.0 Å². The van der Waals surface area contributed by atoms with E-state index in [0.717, 1.165) is 51.6 Å². The Labute approximate surface area is 243 Å². The van der Waals surface area contributed by atoms with Crippen LogP contribution in [0.3, 0.4) is 0 Å². The molecule has 1 spiro atoms. The monoisotopic (exact) mass is 580 g/mol. The van der Waals surface area contributed by atoms with Crippen molar-refractivity contribution in [2.24, 2.45) is 52.3 Å². The van der Waals surface area contributed by atoms with E-state index in [2.05, 4.69) is 27.7 Å². The van der Waals surface area contributed by atoms with Crippen molar-refractivity contribution in [2.75, 3.05) is 13.2 Å². The van der Waals surface area contributed by atoms with E-state index in [1.807, 2.05) is 0 Å². The van der Waals surface area contributed by atoms with Crippen molar-refractivity contribution in [1.29, 1.82) is 0 Å². The Morgan fingerprint density at radius 1 is 0.780 bits per heavy atom. The summed E-state index contributed by atoms with van der Waals surface area (Å²) in [7, 11) is 0. The molecule has 0 unspecified atom stereocenters. The molecule has 234 valence electrons. The van der Waals surface area contributed by atoms with Gasteiger partial charge in [0.1, 0.15) is 24.4 Å². The van der Waals surface area contributed by atoms with Gasteiger partial charge in [0, 0.05) is 17.8 Å². The van der Waals surface area contributed by atoms with Crippen LogP contribution in [0.2, 0.25) is 0 Å². The second-order valence-corrected chi connectivity index (χ2v) is 15.6. The molecule has 0 amide bonds. The first-order valence-corrected chi connectivity index (χ1v) is 16.4. The van der Waals surface area contributed by atoms with Gasteiger partial charge in [-0.05, 0) is 85.9 Å². The third-order valence-corrected chi connectivity index (χ3v) is 13.8. The van der Waals surface area contributed by atoms with Gasteiger partial charge in [-0.3, -0.25) is 0 Å². The third kappa shape index (κ3) is 4.13. The predicted molar refractivity (Wildman–Crippen MR) is 147 cm³/mol. The van der Waals surface area contributed by atoms with Crippen LogP contribution in [0, 0.1) is 52.3 Å². The Balaban J connectivity index is 1.15. The molecule has 0 aromatic rings. The number of aliphatic hydroxyl groups is 5. The number of ether oxygens (including phenoxy) is 4. The molecule has 0 radical (unpaired) electrons. The molecule has 7 rings (SSSR count). The van der Waals surface area contributed by atoms with Gasteiger partial charge in [-0.25, -0.2) is 0 Å². The summed E-state index contributed by atoms with van der Waals surface area (Å²) in [5.74, 6) is 2.40. The van der Waals surface area contributed by atoms with E-state index >= 15 is 0 Å². The maximum absolute atomic E-state index is 11.4. The Kier molecular flexibility index (Phi) is 7.21. The Morgan fingerprint density at radius 2 is 1.56 bits per heavy atom. The largest absolute Gasteiger partial charge is 0.390 e. The third-order valence-electron chi connectivity index (χ3n) is 13.8. The van der Waals surface area contributed by atoms with Crippen molar-refractivity contribution in [2.45, 2.75) is 134 Å². The van der Waals surface area contributed by atoms with Crippen LogP contribution in [0.1, 0.15) is 79.1 Å². The van der Waals surface area contributed by atoms with Crippen LogP contribution in [-0.4, -0.2) is 93.6 Å². The first kappa shape index (κ1) is 29.4. The van der Waals surface area contributed by atoms with Crippen molar-refractivity contribution in [3.8, 4) is 0 Å². The van der Waals surface area contributed by atoms with E-state index in [1.54, 1.807) is 0 Å². The zero-order valence-corrected chi connectivity index (χ0v) is 25.1. The van der Waals surface area contributed by atoms with Crippen LogP contribution in [0.25, 0.3) is 0 Å². The van der Waals surface area contributed by atoms with E-state index < -0.39 is 54.1 Å². The topological polar surface area (TPSA) is 138 Å². The molecular formula is C32H52O9. The molecular weight excluding hydrogens is 528 g/mol. The molecule has 18 atom stereocenters. The lowest BCUT2D eigenvalue weighted by Crippen LogP contribution is -2.66. The van der Waals surface area contributed by atoms with Crippen molar-refractivity contribution in [3.63, 3.8) is 0 Å². The van der Waals surface area contributed by atoms with Gasteiger partial charge in [-0.15, -0.1) is 0 Å². The Morgan fingerprint density at radius 3 is 2.29 bits per heavy atom. The molecule has 0 bridgehead atoms. The zero-order chi connectivity index (χ0) is 29.1. The van der Waals surface area contributed by atoms with E-state index in [0.29, 0.717) is 36.0 Å². The maximum Gasteiger partial charge on any atom is 0.186 e. The highest BCUT2D eigenvalue weighted by atomic mass is 16.7. The average Bonchev–Trinajstić information content (AvgIpc) is 3.39. The molecule has 7 aliphatic rings. The fourth-order valence-corrected chi connectivity index (χ4v) is 11.6. The molecule has 41 heavy (non-hydrogen) atoms. The van der Waals surface area contributed by atoms with Crippen molar-refractivity contribution >= 4 is 0 Å². The molecule has 9 heteroatoms. The van der Waals surface area contributed by atoms with Crippen molar-refractivity contribution < 1.29 is 44.5 Å². The molecule has 7 fully saturated rings. The normalized spacial score (nSPS) is 62.1. The van der Waals surface area contributed by atoms with Gasteiger partial charge in [-0.1, -0.05) is 27.7 Å². The highest BCUT2D eigenvalue weighted by molar-refractivity contribution is 5.17. The SMILES string of the molecule is C[C@@H]1CC[C@@]2(OC1)O[C@H]1C[C@H]3[C@@H]4CC[C@@H]5C[C@H](O)[C@@H](O)[C@@H](O[C@@H]6OC[C@H](O)[C@@H](O)[C@H]6O)[C@]5(C)[C@H]4CC[C@]3(C)[C@H]1[C@@H]2C. The van der Waals surface area contributed by atoms with Crippen LogP contribution < -0.4 is 0 Å². The fourth-order valence-electron chi connectivity index (χ4n) is 11.6. The lowest BCUT2D eigenvalue weighted by Gasteiger charge is -2.64. The second-order valence-electron chi connectivity index (χ2n) is 15.6. The number of rotatable bonds is 2. The number of aliphatic hydroxyl groups excluding tert-OH is 5. The van der Waals surface area contributed by atoms with Gasteiger partial charge in [0.2, 0.25) is 0 Å². The van der Waals surface area contributed by atoms with Gasteiger partial charge < -0.3 is 44.5 Å². The van der Waals surface area contributed by atoms with Gasteiger partial charge in [0.15, 0.2) is 12.1 Å². The van der Waals surface area contributed by atoms with Gasteiger partial charge in [0.25, 0.3) is 0 Å². The van der Waals surface area contributed by atoms with Gasteiger partial charge in [-0.2, -0.15) is 0 Å². The number of hydrogen-bond acceptors (Lipinski definition) is 9.